The Balaban J connectivity index is 1.83. The van der Waals surface area contributed by atoms with Crippen molar-refractivity contribution in [2.45, 2.75) is 26.8 Å². The second-order valence-electron chi connectivity index (χ2n) is 6.06. The van der Waals surface area contributed by atoms with E-state index in [1.54, 1.807) is 20.4 Å². The SMILES string of the molecule is COc1ccc(C(C)Nc2nccc(-n3nc(C)cc3C)n2)cc1OC. The normalized spacial score (nSPS) is 11.9. The van der Waals surface area contributed by atoms with E-state index in [2.05, 4.69) is 20.4 Å². The number of methoxy groups -OCH3 is 2. The number of nitrogens with one attached hydrogen (secondary N) is 1. The highest BCUT2D eigenvalue weighted by molar-refractivity contribution is 5.45. The number of ether oxygens (including phenoxy) is 2. The molecule has 1 N–H and O–H groups in total. The van der Waals surface area contributed by atoms with E-state index < -0.39 is 0 Å². The lowest BCUT2D eigenvalue weighted by molar-refractivity contribution is 0.354. The van der Waals surface area contributed by atoms with Crippen LogP contribution < -0.4 is 14.8 Å². The zero-order valence-corrected chi connectivity index (χ0v) is 15.6. The summed E-state index contributed by atoms with van der Waals surface area (Å²) < 4.78 is 12.5. The molecule has 2 aromatic heterocycles. The summed E-state index contributed by atoms with van der Waals surface area (Å²) in [4.78, 5) is 8.91. The van der Waals surface area contributed by atoms with E-state index in [-0.39, 0.29) is 6.04 Å². The molecule has 7 nitrogen and oxygen atoms in total. The highest BCUT2D eigenvalue weighted by Gasteiger charge is 2.12. The van der Waals surface area contributed by atoms with Gasteiger partial charge in [0.2, 0.25) is 5.95 Å². The quantitative estimate of drug-likeness (QED) is 0.731. The summed E-state index contributed by atoms with van der Waals surface area (Å²) in [6, 6.07) is 9.67. The van der Waals surface area contributed by atoms with Crippen LogP contribution in [0.15, 0.2) is 36.5 Å². The fourth-order valence-electron chi connectivity index (χ4n) is 2.80. The Labute approximate surface area is 153 Å². The van der Waals surface area contributed by atoms with Gasteiger partial charge in [0, 0.05) is 18.0 Å². The minimum Gasteiger partial charge on any atom is -0.493 e. The van der Waals surface area contributed by atoms with E-state index in [1.807, 2.05) is 55.8 Å². The first kappa shape index (κ1) is 17.7. The Hall–Kier alpha value is -3.09. The largest absolute Gasteiger partial charge is 0.493 e. The molecule has 26 heavy (non-hydrogen) atoms. The molecule has 136 valence electrons. The van der Waals surface area contributed by atoms with Gasteiger partial charge in [-0.1, -0.05) is 6.07 Å². The van der Waals surface area contributed by atoms with Crippen molar-refractivity contribution in [2.24, 2.45) is 0 Å². The van der Waals surface area contributed by atoms with Crippen LogP contribution in [-0.2, 0) is 0 Å². The molecule has 0 aliphatic rings. The number of benzene rings is 1. The Morgan fingerprint density at radius 2 is 1.81 bits per heavy atom. The van der Waals surface area contributed by atoms with Crippen LogP contribution in [0, 0.1) is 13.8 Å². The summed E-state index contributed by atoms with van der Waals surface area (Å²) >= 11 is 0. The lowest BCUT2D eigenvalue weighted by Crippen LogP contribution is -2.11. The third-order valence-electron chi connectivity index (χ3n) is 4.12. The monoisotopic (exact) mass is 353 g/mol. The number of rotatable bonds is 6. The first-order valence-electron chi connectivity index (χ1n) is 8.37. The fourth-order valence-corrected chi connectivity index (χ4v) is 2.80. The van der Waals surface area contributed by atoms with Crippen molar-refractivity contribution >= 4 is 5.95 Å². The molecule has 7 heteroatoms. The summed E-state index contributed by atoms with van der Waals surface area (Å²) in [6.07, 6.45) is 1.72. The number of nitrogens with zero attached hydrogens (tertiary/aromatic N) is 4. The minimum absolute atomic E-state index is 0.00879. The van der Waals surface area contributed by atoms with Crippen LogP contribution in [0.4, 0.5) is 5.95 Å². The van der Waals surface area contributed by atoms with Crippen molar-refractivity contribution in [2.75, 3.05) is 19.5 Å². The summed E-state index contributed by atoms with van der Waals surface area (Å²) in [7, 11) is 3.25. The molecule has 0 amide bonds. The standard InChI is InChI=1S/C19H23N5O2/c1-12-10-13(2)24(23-12)18-8-9-20-19(22-18)21-14(3)15-6-7-16(25-4)17(11-15)26-5/h6-11,14H,1-5H3,(H,20,21,22). The van der Waals surface area contributed by atoms with E-state index >= 15 is 0 Å². The van der Waals surface area contributed by atoms with Crippen molar-refractivity contribution in [3.63, 3.8) is 0 Å². The molecule has 1 aromatic carbocycles. The number of aromatic nitrogens is 4. The average Bonchev–Trinajstić information content (AvgIpc) is 2.99. The van der Waals surface area contributed by atoms with Gasteiger partial charge in [-0.05, 0) is 44.5 Å². The molecule has 0 saturated carbocycles. The molecule has 0 spiro atoms. The first-order chi connectivity index (χ1) is 12.5. The first-order valence-corrected chi connectivity index (χ1v) is 8.37. The van der Waals surface area contributed by atoms with Crippen LogP contribution >= 0.6 is 0 Å². The van der Waals surface area contributed by atoms with Crippen LogP contribution in [0.2, 0.25) is 0 Å². The molecule has 0 saturated heterocycles. The fraction of sp³-hybridized carbons (Fsp3) is 0.316. The van der Waals surface area contributed by atoms with Crippen molar-refractivity contribution in [3.8, 4) is 17.3 Å². The van der Waals surface area contributed by atoms with Gasteiger partial charge in [-0.15, -0.1) is 0 Å². The van der Waals surface area contributed by atoms with Crippen LogP contribution in [-0.4, -0.2) is 34.0 Å². The zero-order chi connectivity index (χ0) is 18.7. The van der Waals surface area contributed by atoms with E-state index in [4.69, 9.17) is 9.47 Å². The predicted octanol–water partition coefficient (Wildman–Crippen LogP) is 3.47. The minimum atomic E-state index is -0.00879. The zero-order valence-electron chi connectivity index (χ0n) is 15.6. The third-order valence-corrected chi connectivity index (χ3v) is 4.12. The molecule has 3 aromatic rings. The highest BCUT2D eigenvalue weighted by atomic mass is 16.5. The van der Waals surface area contributed by atoms with Gasteiger partial charge in [0.15, 0.2) is 17.3 Å². The number of hydrogen-bond donors (Lipinski definition) is 1. The van der Waals surface area contributed by atoms with Gasteiger partial charge in [0.05, 0.1) is 26.0 Å². The molecule has 0 radical (unpaired) electrons. The molecular weight excluding hydrogens is 330 g/mol. The summed E-state index contributed by atoms with van der Waals surface area (Å²) in [5.41, 5.74) is 3.03. The lowest BCUT2D eigenvalue weighted by atomic mass is 10.1. The number of anilines is 1. The van der Waals surface area contributed by atoms with E-state index in [9.17, 15) is 0 Å². The number of aryl methyl sites for hydroxylation is 2. The maximum Gasteiger partial charge on any atom is 0.225 e. The topological polar surface area (TPSA) is 74.1 Å². The molecule has 3 rings (SSSR count). The molecule has 0 aliphatic heterocycles. The van der Waals surface area contributed by atoms with Crippen LogP contribution in [0.1, 0.15) is 29.9 Å². The van der Waals surface area contributed by atoms with Crippen LogP contribution in [0.3, 0.4) is 0 Å². The molecular formula is C19H23N5O2. The molecule has 1 atom stereocenters. The van der Waals surface area contributed by atoms with Gasteiger partial charge >= 0.3 is 0 Å². The van der Waals surface area contributed by atoms with Gasteiger partial charge in [-0.25, -0.2) is 9.67 Å². The Kier molecular flexibility index (Phi) is 5.06. The Morgan fingerprint density at radius 3 is 2.46 bits per heavy atom. The second-order valence-corrected chi connectivity index (χ2v) is 6.06. The van der Waals surface area contributed by atoms with E-state index in [0.717, 1.165) is 22.8 Å². The van der Waals surface area contributed by atoms with Crippen molar-refractivity contribution in [1.82, 2.24) is 19.7 Å². The summed E-state index contributed by atoms with van der Waals surface area (Å²) in [5, 5.41) is 7.79. The Morgan fingerprint density at radius 1 is 1.04 bits per heavy atom. The predicted molar refractivity (Wildman–Crippen MR) is 100 cm³/mol. The van der Waals surface area contributed by atoms with Crippen molar-refractivity contribution in [3.05, 3.63) is 53.5 Å². The second kappa shape index (κ2) is 7.43. The van der Waals surface area contributed by atoms with Crippen LogP contribution in [0.25, 0.3) is 5.82 Å². The van der Waals surface area contributed by atoms with Crippen molar-refractivity contribution < 1.29 is 9.47 Å². The van der Waals surface area contributed by atoms with Gasteiger partial charge in [0.25, 0.3) is 0 Å². The van der Waals surface area contributed by atoms with Gasteiger partial charge in [-0.2, -0.15) is 10.1 Å². The molecule has 1 unspecified atom stereocenters. The Bertz CT molecular complexity index is 907. The number of hydrogen-bond acceptors (Lipinski definition) is 6. The molecule has 0 aliphatic carbocycles. The summed E-state index contributed by atoms with van der Waals surface area (Å²) in [5.74, 6) is 2.66. The van der Waals surface area contributed by atoms with E-state index in [1.165, 1.54) is 0 Å². The van der Waals surface area contributed by atoms with Gasteiger partial charge in [-0.3, -0.25) is 0 Å². The maximum atomic E-state index is 5.37. The highest BCUT2D eigenvalue weighted by Crippen LogP contribution is 2.30. The van der Waals surface area contributed by atoms with E-state index in [0.29, 0.717) is 17.4 Å². The van der Waals surface area contributed by atoms with Crippen molar-refractivity contribution in [1.29, 1.82) is 0 Å². The van der Waals surface area contributed by atoms with Gasteiger partial charge < -0.3 is 14.8 Å². The average molecular weight is 353 g/mol. The summed E-state index contributed by atoms with van der Waals surface area (Å²) in [6.45, 7) is 6.01. The van der Waals surface area contributed by atoms with Gasteiger partial charge in [0.1, 0.15) is 0 Å². The smallest absolute Gasteiger partial charge is 0.225 e. The lowest BCUT2D eigenvalue weighted by Gasteiger charge is -2.17. The van der Waals surface area contributed by atoms with Crippen LogP contribution in [0.5, 0.6) is 11.5 Å². The molecule has 2 heterocycles. The third kappa shape index (κ3) is 3.61. The molecule has 0 bridgehead atoms. The maximum absolute atomic E-state index is 5.37. The molecule has 0 fully saturated rings.